The minimum absolute atomic E-state index is 0.00756. The lowest BCUT2D eigenvalue weighted by molar-refractivity contribution is -0.144. The van der Waals surface area contributed by atoms with Crippen molar-refractivity contribution in [1.82, 2.24) is 15.5 Å². The first-order valence-corrected chi connectivity index (χ1v) is 11.5. The third-order valence-electron chi connectivity index (χ3n) is 4.63. The Labute approximate surface area is 205 Å². The quantitative estimate of drug-likeness (QED) is 0.372. The Balaban J connectivity index is 3.20. The molecule has 2 unspecified atom stereocenters. The van der Waals surface area contributed by atoms with Crippen LogP contribution in [0.2, 0.25) is 0 Å². The first kappa shape index (κ1) is 29.4. The van der Waals surface area contributed by atoms with E-state index < -0.39 is 53.9 Å². The van der Waals surface area contributed by atoms with Crippen molar-refractivity contribution >= 4 is 29.8 Å². The molecule has 0 bridgehead atoms. The normalized spacial score (nSPS) is 12.6. The number of carbonyl (C=O) groups excluding carboxylic acids is 5. The number of carbonyl (C=O) groups is 5. The molecule has 0 fully saturated rings. The zero-order chi connectivity index (χ0) is 26.6. The van der Waals surface area contributed by atoms with Gasteiger partial charge in [-0.15, -0.1) is 0 Å². The lowest BCUT2D eigenvalue weighted by atomic mass is 10.0. The van der Waals surface area contributed by atoms with E-state index in [2.05, 4.69) is 10.6 Å². The van der Waals surface area contributed by atoms with Crippen molar-refractivity contribution in [1.29, 1.82) is 0 Å². The molecule has 4 N–H and O–H groups in total. The summed E-state index contributed by atoms with van der Waals surface area (Å²) in [5, 5.41) is 5.05. The summed E-state index contributed by atoms with van der Waals surface area (Å²) in [7, 11) is 0. The van der Waals surface area contributed by atoms with Crippen molar-refractivity contribution in [3.8, 4) is 0 Å². The van der Waals surface area contributed by atoms with Gasteiger partial charge in [-0.3, -0.25) is 19.2 Å². The highest BCUT2D eigenvalue weighted by atomic mass is 16.6. The van der Waals surface area contributed by atoms with Gasteiger partial charge >= 0.3 is 12.1 Å². The van der Waals surface area contributed by atoms with Crippen LogP contribution in [0, 0.1) is 0 Å². The van der Waals surface area contributed by atoms with Crippen LogP contribution < -0.4 is 16.4 Å². The number of ether oxygens (including phenoxy) is 2. The van der Waals surface area contributed by atoms with E-state index in [0.717, 1.165) is 0 Å². The number of nitrogens with one attached hydrogen (secondary N) is 2. The van der Waals surface area contributed by atoms with E-state index in [9.17, 15) is 24.0 Å². The summed E-state index contributed by atoms with van der Waals surface area (Å²) in [6, 6.07) is 6.11. The molecule has 0 aliphatic rings. The van der Waals surface area contributed by atoms with E-state index in [-0.39, 0.29) is 26.1 Å². The number of nitrogens with zero attached hydrogens (tertiary/aromatic N) is 1. The number of likely N-dealkylation sites (N-methyl/N-ethyl adjacent to an activating group) is 1. The number of alkyl carbamates (subject to hydrolysis) is 1. The smallest absolute Gasteiger partial charge is 0.408 e. The summed E-state index contributed by atoms with van der Waals surface area (Å²) in [4.78, 5) is 63.5. The van der Waals surface area contributed by atoms with Crippen molar-refractivity contribution in [3.05, 3.63) is 35.9 Å². The molecule has 0 radical (unpaired) electrons. The number of rotatable bonds is 12. The number of hydrogen-bond donors (Lipinski definition) is 3. The maximum atomic E-state index is 13.5. The zero-order valence-corrected chi connectivity index (χ0v) is 21.0. The number of esters is 1. The highest BCUT2D eigenvalue weighted by Gasteiger charge is 2.36. The fraction of sp³-hybridized carbons (Fsp3) is 0.542. The molecule has 0 spiro atoms. The molecule has 0 saturated heterocycles. The monoisotopic (exact) mass is 492 g/mol. The topological polar surface area (TPSA) is 157 Å². The third kappa shape index (κ3) is 10.4. The van der Waals surface area contributed by atoms with Crippen molar-refractivity contribution in [3.63, 3.8) is 0 Å². The van der Waals surface area contributed by atoms with Crippen LogP contribution in [0.4, 0.5) is 4.79 Å². The molecule has 0 aromatic heterocycles. The molecule has 1 aromatic carbocycles. The number of amides is 4. The van der Waals surface area contributed by atoms with Gasteiger partial charge in [-0.05, 0) is 40.2 Å². The van der Waals surface area contributed by atoms with E-state index >= 15 is 0 Å². The van der Waals surface area contributed by atoms with Crippen molar-refractivity contribution in [2.24, 2.45) is 5.73 Å². The molecule has 11 heteroatoms. The van der Waals surface area contributed by atoms with Gasteiger partial charge in [0.25, 0.3) is 0 Å². The number of primary amides is 1. The third-order valence-corrected chi connectivity index (χ3v) is 4.63. The Kier molecular flexibility index (Phi) is 11.7. The SMILES string of the molecule is CCOC(=O)CCNC(=O)C(c1ccccc1)N(CC)C(=O)C(CC(N)=O)NC(=O)OC(C)(C)C. The highest BCUT2D eigenvalue weighted by molar-refractivity contribution is 5.94. The summed E-state index contributed by atoms with van der Waals surface area (Å²) in [6.07, 6.45) is -1.42. The van der Waals surface area contributed by atoms with Crippen LogP contribution in [-0.4, -0.2) is 66.0 Å². The standard InChI is InChI=1S/C24H36N4O7/c1-6-28(22(32)17(15-18(25)29)27-23(33)35-24(3,4)5)20(16-11-9-8-10-12-16)21(31)26-14-13-19(30)34-7-2/h8-12,17,20H,6-7,13-15H2,1-5H3,(H2,25,29)(H,26,31)(H,27,33). The average molecular weight is 493 g/mol. The van der Waals surface area contributed by atoms with Gasteiger partial charge in [0.2, 0.25) is 17.7 Å². The van der Waals surface area contributed by atoms with Crippen LogP contribution in [-0.2, 0) is 28.7 Å². The van der Waals surface area contributed by atoms with Crippen LogP contribution in [0.5, 0.6) is 0 Å². The van der Waals surface area contributed by atoms with Crippen molar-refractivity contribution in [2.75, 3.05) is 19.7 Å². The molecule has 2 atom stereocenters. The molecule has 1 rings (SSSR count). The van der Waals surface area contributed by atoms with Gasteiger partial charge < -0.3 is 30.7 Å². The van der Waals surface area contributed by atoms with E-state index in [4.69, 9.17) is 15.2 Å². The molecular formula is C24H36N4O7. The van der Waals surface area contributed by atoms with E-state index in [1.54, 1.807) is 65.0 Å². The molecule has 1 aromatic rings. The van der Waals surface area contributed by atoms with Crippen molar-refractivity contribution in [2.45, 2.75) is 65.1 Å². The average Bonchev–Trinajstić information content (AvgIpc) is 2.75. The maximum Gasteiger partial charge on any atom is 0.408 e. The van der Waals surface area contributed by atoms with Gasteiger partial charge in [0.15, 0.2) is 0 Å². The lowest BCUT2D eigenvalue weighted by Gasteiger charge is -2.33. The van der Waals surface area contributed by atoms with Crippen LogP contribution in [0.25, 0.3) is 0 Å². The van der Waals surface area contributed by atoms with E-state index in [0.29, 0.717) is 5.56 Å². The van der Waals surface area contributed by atoms with Gasteiger partial charge in [-0.1, -0.05) is 30.3 Å². The molecular weight excluding hydrogens is 456 g/mol. The van der Waals surface area contributed by atoms with Gasteiger partial charge in [0.1, 0.15) is 17.7 Å². The number of hydrogen-bond acceptors (Lipinski definition) is 7. The highest BCUT2D eigenvalue weighted by Crippen LogP contribution is 2.23. The minimum Gasteiger partial charge on any atom is -0.466 e. The Morgan fingerprint density at radius 2 is 1.69 bits per heavy atom. The first-order chi connectivity index (χ1) is 16.4. The fourth-order valence-electron chi connectivity index (χ4n) is 3.24. The summed E-state index contributed by atoms with van der Waals surface area (Å²) in [6.45, 7) is 8.62. The van der Waals surface area contributed by atoms with Crippen LogP contribution in [0.3, 0.4) is 0 Å². The minimum atomic E-state index is -1.35. The lowest BCUT2D eigenvalue weighted by Crippen LogP contribution is -2.54. The second-order valence-corrected chi connectivity index (χ2v) is 8.65. The van der Waals surface area contributed by atoms with E-state index in [1.807, 2.05) is 0 Å². The molecule has 194 valence electrons. The van der Waals surface area contributed by atoms with Crippen molar-refractivity contribution < 1.29 is 33.4 Å². The largest absolute Gasteiger partial charge is 0.466 e. The molecule has 35 heavy (non-hydrogen) atoms. The maximum absolute atomic E-state index is 13.5. The number of benzene rings is 1. The second kappa shape index (κ2) is 13.9. The second-order valence-electron chi connectivity index (χ2n) is 8.65. The van der Waals surface area contributed by atoms with Gasteiger partial charge in [0, 0.05) is 13.1 Å². The Bertz CT molecular complexity index is 884. The first-order valence-electron chi connectivity index (χ1n) is 11.5. The summed E-state index contributed by atoms with van der Waals surface area (Å²) < 4.78 is 10.1. The zero-order valence-electron chi connectivity index (χ0n) is 21.0. The summed E-state index contributed by atoms with van der Waals surface area (Å²) in [5.41, 5.74) is 4.99. The van der Waals surface area contributed by atoms with Gasteiger partial charge in [0.05, 0.1) is 19.4 Å². The van der Waals surface area contributed by atoms with Gasteiger partial charge in [-0.2, -0.15) is 0 Å². The summed E-state index contributed by atoms with van der Waals surface area (Å²) >= 11 is 0. The van der Waals surface area contributed by atoms with Crippen LogP contribution in [0.1, 0.15) is 59.1 Å². The fourth-order valence-corrected chi connectivity index (χ4v) is 3.24. The molecule has 0 heterocycles. The molecule has 0 aliphatic heterocycles. The van der Waals surface area contributed by atoms with Crippen LogP contribution >= 0.6 is 0 Å². The molecule has 11 nitrogen and oxygen atoms in total. The Morgan fingerprint density at radius 3 is 2.20 bits per heavy atom. The predicted octanol–water partition coefficient (Wildman–Crippen LogP) is 1.41. The molecule has 4 amide bonds. The van der Waals surface area contributed by atoms with E-state index in [1.165, 1.54) is 4.90 Å². The number of nitrogens with two attached hydrogens (primary N) is 1. The Morgan fingerprint density at radius 1 is 1.06 bits per heavy atom. The Hall–Kier alpha value is -3.63. The van der Waals surface area contributed by atoms with Gasteiger partial charge in [-0.25, -0.2) is 4.79 Å². The predicted molar refractivity (Wildman–Crippen MR) is 128 cm³/mol. The molecule has 0 aliphatic carbocycles. The summed E-state index contributed by atoms with van der Waals surface area (Å²) in [5.74, 6) is -2.50. The van der Waals surface area contributed by atoms with Crippen LogP contribution in [0.15, 0.2) is 30.3 Å². The molecule has 0 saturated carbocycles.